The third kappa shape index (κ3) is 14.3. The molecule has 7 rings (SSSR count). The molecule has 4 saturated heterocycles. The molecule has 19 nitrogen and oxygen atoms in total. The Morgan fingerprint density at radius 3 is 1.51 bits per heavy atom. The number of esters is 3. The zero-order valence-electron chi connectivity index (χ0n) is 45.4. The molecule has 0 amide bonds. The van der Waals surface area contributed by atoms with Crippen LogP contribution in [-0.4, -0.2) is 141 Å². The monoisotopic (exact) mass is 1070 g/mol. The van der Waals surface area contributed by atoms with E-state index in [0.717, 1.165) is 11.1 Å². The minimum absolute atomic E-state index is 0.110. The van der Waals surface area contributed by atoms with Crippen LogP contribution in [0.2, 0.25) is 0 Å². The van der Waals surface area contributed by atoms with Crippen LogP contribution in [-0.2, 0) is 89.2 Å². The Hall–Kier alpha value is -5.32. The summed E-state index contributed by atoms with van der Waals surface area (Å²) in [6.07, 6.45) is -14.5. The van der Waals surface area contributed by atoms with Gasteiger partial charge in [-0.1, -0.05) is 133 Å². The van der Waals surface area contributed by atoms with Gasteiger partial charge in [0.2, 0.25) is 5.78 Å². The van der Waals surface area contributed by atoms with E-state index in [4.69, 9.17) is 56.8 Å². The number of carbonyl (C=O) groups is 5. The maximum atomic E-state index is 14.4. The summed E-state index contributed by atoms with van der Waals surface area (Å²) in [7, 11) is 1.21. The van der Waals surface area contributed by atoms with E-state index in [1.54, 1.807) is 44.2 Å². The summed E-state index contributed by atoms with van der Waals surface area (Å²) < 4.78 is 75.5. The van der Waals surface area contributed by atoms with Gasteiger partial charge in [0.05, 0.1) is 50.3 Å². The molecular weight excluding hydrogens is 999 g/mol. The largest absolute Gasteiger partial charge is 0.467 e. The highest BCUT2D eigenvalue weighted by atomic mass is 16.8. The molecule has 420 valence electrons. The maximum absolute atomic E-state index is 14.4. The molecule has 19 heteroatoms. The van der Waals surface area contributed by atoms with E-state index in [9.17, 15) is 34.5 Å². The Bertz CT molecular complexity index is 2450. The number of aliphatic hydroxyl groups is 1. The SMILES string of the molecule is COC(=O)C1O[C@@H](O[C@@H]2C(COC(C)=O)O[C@H](OCc3ccccc3)C(C)[C@H]2C)C(C)[C@@H](C)[C@@H]1O[C@H]1OC(COC(C)=O)[C@@H](O[C@@H]2O[C@@H](C(C)=O)[C@@H](O)C(OCc3ccccc3)C2C)[C@H](C)C1C(=N)C(=O)c1ccccc1. The average molecular weight is 1070 g/mol. The summed E-state index contributed by atoms with van der Waals surface area (Å²) in [6.45, 7) is 14.8. The molecule has 3 aromatic rings. The molecule has 4 fully saturated rings. The van der Waals surface area contributed by atoms with Crippen molar-refractivity contribution in [2.24, 2.45) is 41.4 Å². The zero-order valence-corrected chi connectivity index (χ0v) is 45.4. The van der Waals surface area contributed by atoms with Crippen molar-refractivity contribution in [3.05, 3.63) is 108 Å². The molecule has 0 spiro atoms. The van der Waals surface area contributed by atoms with Gasteiger partial charge in [0, 0.05) is 37.2 Å². The average Bonchev–Trinajstić information content (AvgIpc) is 3.48. The zero-order chi connectivity index (χ0) is 55.7. The van der Waals surface area contributed by atoms with Gasteiger partial charge in [0.15, 0.2) is 37.0 Å². The van der Waals surface area contributed by atoms with E-state index >= 15 is 0 Å². The molecule has 4 heterocycles. The lowest BCUT2D eigenvalue weighted by Crippen LogP contribution is -2.63. The van der Waals surface area contributed by atoms with Crippen molar-refractivity contribution in [2.45, 2.75) is 156 Å². The first-order valence-electron chi connectivity index (χ1n) is 26.4. The van der Waals surface area contributed by atoms with Crippen LogP contribution in [0.15, 0.2) is 91.0 Å². The van der Waals surface area contributed by atoms with Crippen molar-refractivity contribution in [3.63, 3.8) is 0 Å². The molecule has 0 aliphatic carbocycles. The summed E-state index contributed by atoms with van der Waals surface area (Å²) in [4.78, 5) is 66.1. The van der Waals surface area contributed by atoms with Gasteiger partial charge in [-0.15, -0.1) is 0 Å². The van der Waals surface area contributed by atoms with Gasteiger partial charge in [-0.05, 0) is 35.8 Å². The fourth-order valence-corrected chi connectivity index (χ4v) is 10.6. The van der Waals surface area contributed by atoms with E-state index in [0.29, 0.717) is 0 Å². The topological polar surface area (TPSA) is 240 Å². The van der Waals surface area contributed by atoms with Crippen LogP contribution >= 0.6 is 0 Å². The molecule has 77 heavy (non-hydrogen) atoms. The van der Waals surface area contributed by atoms with Crippen LogP contribution < -0.4 is 0 Å². The van der Waals surface area contributed by atoms with E-state index < -0.39 is 145 Å². The van der Waals surface area contributed by atoms with Crippen LogP contribution in [0.5, 0.6) is 0 Å². The highest BCUT2D eigenvalue weighted by Crippen LogP contribution is 2.44. The van der Waals surface area contributed by atoms with Crippen molar-refractivity contribution in [1.82, 2.24) is 0 Å². The predicted octanol–water partition coefficient (Wildman–Crippen LogP) is 6.43. The fraction of sp³-hybridized carbons (Fsp3) is 0.586. The van der Waals surface area contributed by atoms with Gasteiger partial charge >= 0.3 is 17.9 Å². The number of ether oxygens (including phenoxy) is 12. The van der Waals surface area contributed by atoms with Crippen molar-refractivity contribution < 1.29 is 85.9 Å². The fourth-order valence-electron chi connectivity index (χ4n) is 10.6. The first-order valence-corrected chi connectivity index (χ1v) is 26.4. The number of benzene rings is 3. The first kappa shape index (κ1) is 59.3. The molecule has 0 aromatic heterocycles. The lowest BCUT2D eigenvalue weighted by Gasteiger charge is -2.51. The highest BCUT2D eigenvalue weighted by Gasteiger charge is 2.56. The van der Waals surface area contributed by atoms with Gasteiger partial charge < -0.3 is 67.4 Å². The van der Waals surface area contributed by atoms with Gasteiger partial charge in [0.25, 0.3) is 0 Å². The number of nitrogens with one attached hydrogen (secondary N) is 1. The van der Waals surface area contributed by atoms with Gasteiger partial charge in [-0.2, -0.15) is 0 Å². The molecular formula is C58H75NO18. The quantitative estimate of drug-likeness (QED) is 0.0506. The van der Waals surface area contributed by atoms with E-state index in [2.05, 4.69) is 0 Å². The number of hydrogen-bond acceptors (Lipinski definition) is 19. The third-order valence-corrected chi connectivity index (χ3v) is 15.5. The summed E-state index contributed by atoms with van der Waals surface area (Å²) in [5.74, 6) is -7.43. The molecule has 3 aromatic carbocycles. The lowest BCUT2D eigenvalue weighted by molar-refractivity contribution is -0.357. The van der Waals surface area contributed by atoms with E-state index in [1.807, 2.05) is 88.4 Å². The Kier molecular flexibility index (Phi) is 20.8. The number of hydrogen-bond donors (Lipinski definition) is 2. The standard InChI is InChI=1S/C58H75NO18/c1-30-32(3)55(70-27-40-22-16-12-17-23-40)71-42(28-67-37(8)61)48(30)73-56-33(4)31(2)51(53(77-56)54(65)66-10)75-58-44(45(59)46(63)41-24-18-13-19-25-41)34(5)49(43(72-58)29-68-38(9)62)74-57-35(6)50(47(64)52(76-57)36(7)60)69-26-39-20-14-11-15-21-39/h11-25,30-35,42-44,47-53,55-59,64H,26-29H2,1-10H3/t30-,31-,32?,33?,34-,35?,42?,43?,44?,47+,48+,49+,50?,51+,52+,53?,55+,56-,57-,58-/m1/s1. The van der Waals surface area contributed by atoms with Crippen LogP contribution in [0.1, 0.15) is 83.8 Å². The second-order valence-corrected chi connectivity index (χ2v) is 20.8. The molecule has 0 bridgehead atoms. The summed E-state index contributed by atoms with van der Waals surface area (Å²) in [6, 6.07) is 27.2. The molecule has 4 aliphatic rings. The normalized spacial score (nSPS) is 35.3. The van der Waals surface area contributed by atoms with Crippen LogP contribution in [0.4, 0.5) is 0 Å². The highest BCUT2D eigenvalue weighted by molar-refractivity contribution is 6.45. The molecule has 20 atom stereocenters. The smallest absolute Gasteiger partial charge is 0.337 e. The Balaban J connectivity index is 1.18. The Morgan fingerprint density at radius 1 is 0.519 bits per heavy atom. The van der Waals surface area contributed by atoms with Crippen LogP contribution in [0.25, 0.3) is 0 Å². The van der Waals surface area contributed by atoms with Crippen molar-refractivity contribution in [1.29, 1.82) is 5.41 Å². The summed E-state index contributed by atoms with van der Waals surface area (Å²) in [5.41, 5.74) is 1.59. The minimum atomic E-state index is -1.48. The van der Waals surface area contributed by atoms with E-state index in [1.165, 1.54) is 27.9 Å². The molecule has 2 N–H and O–H groups in total. The predicted molar refractivity (Wildman–Crippen MR) is 274 cm³/mol. The molecule has 4 aliphatic heterocycles. The number of carbonyl (C=O) groups excluding carboxylic acids is 5. The van der Waals surface area contributed by atoms with Crippen LogP contribution in [0, 0.1) is 46.8 Å². The number of rotatable bonds is 21. The van der Waals surface area contributed by atoms with Crippen molar-refractivity contribution >= 4 is 35.2 Å². The maximum Gasteiger partial charge on any atom is 0.337 e. The van der Waals surface area contributed by atoms with Crippen molar-refractivity contribution in [3.8, 4) is 0 Å². The van der Waals surface area contributed by atoms with Gasteiger partial charge in [-0.25, -0.2) is 4.79 Å². The second kappa shape index (κ2) is 27.0. The van der Waals surface area contributed by atoms with Gasteiger partial charge in [0.1, 0.15) is 43.7 Å². The van der Waals surface area contributed by atoms with Crippen LogP contribution in [0.3, 0.4) is 0 Å². The van der Waals surface area contributed by atoms with E-state index in [-0.39, 0.29) is 43.8 Å². The molecule has 8 unspecified atom stereocenters. The second-order valence-electron chi connectivity index (χ2n) is 20.8. The number of Topliss-reactive ketones (excluding diaryl/α,β-unsaturated/α-hetero) is 2. The summed E-state index contributed by atoms with van der Waals surface area (Å²) >= 11 is 0. The Labute approximate surface area is 450 Å². The molecule has 0 radical (unpaired) electrons. The lowest BCUT2D eigenvalue weighted by atomic mass is 9.77. The third-order valence-electron chi connectivity index (χ3n) is 15.5. The van der Waals surface area contributed by atoms with Gasteiger partial charge in [-0.3, -0.25) is 19.2 Å². The summed E-state index contributed by atoms with van der Waals surface area (Å²) in [5, 5.41) is 21.1. The van der Waals surface area contributed by atoms with Crippen molar-refractivity contribution in [2.75, 3.05) is 20.3 Å². The number of methoxy groups -OCH3 is 1. The first-order chi connectivity index (χ1) is 36.8. The minimum Gasteiger partial charge on any atom is -0.467 e. The number of aliphatic hydroxyl groups excluding tert-OH is 1. The number of ketones is 2. The molecule has 0 saturated carbocycles. The Morgan fingerprint density at radius 2 is 0.974 bits per heavy atom.